The summed E-state index contributed by atoms with van der Waals surface area (Å²) in [7, 11) is 0. The molecule has 1 saturated carbocycles. The van der Waals surface area contributed by atoms with E-state index < -0.39 is 5.60 Å². The van der Waals surface area contributed by atoms with E-state index in [1.54, 1.807) is 0 Å². The molecule has 1 aliphatic carbocycles. The van der Waals surface area contributed by atoms with E-state index in [-0.39, 0.29) is 5.92 Å². The van der Waals surface area contributed by atoms with Gasteiger partial charge in [0.1, 0.15) is 0 Å². The second kappa shape index (κ2) is 7.93. The Balaban J connectivity index is 1.69. The van der Waals surface area contributed by atoms with Crippen molar-refractivity contribution in [3.05, 3.63) is 48.0 Å². The minimum absolute atomic E-state index is 0.199. The molecule has 1 N–H and O–H groups in total. The Morgan fingerprint density at radius 2 is 1.56 bits per heavy atom. The first-order valence-corrected chi connectivity index (χ1v) is 11.0. The summed E-state index contributed by atoms with van der Waals surface area (Å²) < 4.78 is 0. The molecule has 4 rings (SSSR count). The van der Waals surface area contributed by atoms with Crippen LogP contribution in [0, 0.1) is 11.8 Å². The second-order valence-electron chi connectivity index (χ2n) is 9.39. The molecule has 1 saturated heterocycles. The number of rotatable bonds is 4. The fraction of sp³-hybridized carbons (Fsp3) is 0.600. The maximum absolute atomic E-state index is 11.8. The Morgan fingerprint density at radius 1 is 0.926 bits per heavy atom. The SMILES string of the molecule is CC1CCN(CC(c2cccc3ccccc23)C2(O)CCC(C)CC2)CC1. The lowest BCUT2D eigenvalue weighted by Gasteiger charge is -2.44. The third-order valence-corrected chi connectivity index (χ3v) is 7.30. The molecular formula is C25H35NO. The van der Waals surface area contributed by atoms with Gasteiger partial charge in [0.25, 0.3) is 0 Å². The maximum Gasteiger partial charge on any atom is 0.0728 e. The summed E-state index contributed by atoms with van der Waals surface area (Å²) in [6, 6.07) is 15.3. The van der Waals surface area contributed by atoms with Crippen LogP contribution in [0.4, 0.5) is 0 Å². The Hall–Kier alpha value is -1.38. The number of piperidine rings is 1. The molecule has 0 bridgehead atoms. The van der Waals surface area contributed by atoms with Crippen molar-refractivity contribution in [2.24, 2.45) is 11.8 Å². The molecule has 0 amide bonds. The van der Waals surface area contributed by atoms with Gasteiger partial charge < -0.3 is 10.0 Å². The van der Waals surface area contributed by atoms with Gasteiger partial charge in [-0.3, -0.25) is 0 Å². The number of hydrogen-bond acceptors (Lipinski definition) is 2. The number of likely N-dealkylation sites (tertiary alicyclic amines) is 1. The van der Waals surface area contributed by atoms with Crippen LogP contribution < -0.4 is 0 Å². The summed E-state index contributed by atoms with van der Waals surface area (Å²) in [5.41, 5.74) is 0.781. The van der Waals surface area contributed by atoms with E-state index in [0.29, 0.717) is 0 Å². The zero-order chi connectivity index (χ0) is 18.9. The summed E-state index contributed by atoms with van der Waals surface area (Å²) in [4.78, 5) is 2.61. The first kappa shape index (κ1) is 19.0. The number of aliphatic hydroxyl groups is 1. The van der Waals surface area contributed by atoms with Crippen LogP contribution in [0.3, 0.4) is 0 Å². The summed E-state index contributed by atoms with van der Waals surface area (Å²) in [5, 5.41) is 14.4. The summed E-state index contributed by atoms with van der Waals surface area (Å²) >= 11 is 0. The van der Waals surface area contributed by atoms with E-state index in [4.69, 9.17) is 0 Å². The lowest BCUT2D eigenvalue weighted by Crippen LogP contribution is -2.46. The third kappa shape index (κ3) is 4.07. The van der Waals surface area contributed by atoms with Gasteiger partial charge >= 0.3 is 0 Å². The van der Waals surface area contributed by atoms with E-state index in [2.05, 4.69) is 61.2 Å². The highest BCUT2D eigenvalue weighted by atomic mass is 16.3. The van der Waals surface area contributed by atoms with Crippen LogP contribution in [0.15, 0.2) is 42.5 Å². The molecule has 2 heteroatoms. The molecule has 1 heterocycles. The van der Waals surface area contributed by atoms with Crippen molar-refractivity contribution >= 4 is 10.8 Å². The van der Waals surface area contributed by atoms with E-state index in [1.807, 2.05) is 0 Å². The minimum Gasteiger partial charge on any atom is -0.389 e. The molecule has 27 heavy (non-hydrogen) atoms. The Morgan fingerprint density at radius 3 is 2.30 bits per heavy atom. The average molecular weight is 366 g/mol. The van der Waals surface area contributed by atoms with Crippen molar-refractivity contribution < 1.29 is 5.11 Å². The molecule has 1 atom stereocenters. The summed E-state index contributed by atoms with van der Waals surface area (Å²) in [5.74, 6) is 1.79. The standard InChI is InChI=1S/C25H35NO/c1-19-10-14-25(27,15-11-19)24(18-26-16-12-20(2)13-17-26)23-9-5-7-21-6-3-4-8-22(21)23/h3-9,19-20,24,27H,10-18H2,1-2H3. The minimum atomic E-state index is -0.570. The van der Waals surface area contributed by atoms with E-state index in [1.165, 1.54) is 42.3 Å². The van der Waals surface area contributed by atoms with Crippen LogP contribution in [0.1, 0.15) is 63.9 Å². The topological polar surface area (TPSA) is 23.5 Å². The first-order valence-electron chi connectivity index (χ1n) is 11.0. The molecule has 0 radical (unpaired) electrons. The largest absolute Gasteiger partial charge is 0.389 e. The second-order valence-corrected chi connectivity index (χ2v) is 9.39. The van der Waals surface area contributed by atoms with Crippen molar-refractivity contribution in [3.8, 4) is 0 Å². The highest BCUT2D eigenvalue weighted by Gasteiger charge is 2.41. The third-order valence-electron chi connectivity index (χ3n) is 7.30. The predicted molar refractivity (Wildman–Crippen MR) is 114 cm³/mol. The normalized spacial score (nSPS) is 29.1. The van der Waals surface area contributed by atoms with Crippen LogP contribution >= 0.6 is 0 Å². The van der Waals surface area contributed by atoms with E-state index in [9.17, 15) is 5.11 Å². The highest BCUT2D eigenvalue weighted by Crippen LogP contribution is 2.44. The Labute approximate surface area is 164 Å². The van der Waals surface area contributed by atoms with Crippen molar-refractivity contribution in [1.29, 1.82) is 0 Å². The van der Waals surface area contributed by atoms with Crippen LogP contribution in [-0.2, 0) is 0 Å². The van der Waals surface area contributed by atoms with Crippen molar-refractivity contribution in [1.82, 2.24) is 4.90 Å². The van der Waals surface area contributed by atoms with Crippen LogP contribution in [0.25, 0.3) is 10.8 Å². The highest BCUT2D eigenvalue weighted by molar-refractivity contribution is 5.86. The molecule has 1 aliphatic heterocycles. The lowest BCUT2D eigenvalue weighted by molar-refractivity contribution is -0.0414. The molecule has 0 spiro atoms. The predicted octanol–water partition coefficient (Wildman–Crippen LogP) is 5.60. The van der Waals surface area contributed by atoms with Gasteiger partial charge in [-0.2, -0.15) is 0 Å². The van der Waals surface area contributed by atoms with Gasteiger partial charge in [-0.05, 0) is 79.8 Å². The zero-order valence-electron chi connectivity index (χ0n) is 17.0. The van der Waals surface area contributed by atoms with Crippen LogP contribution in [0.2, 0.25) is 0 Å². The smallest absolute Gasteiger partial charge is 0.0728 e. The van der Waals surface area contributed by atoms with Crippen LogP contribution in [0.5, 0.6) is 0 Å². The van der Waals surface area contributed by atoms with Gasteiger partial charge in [-0.15, -0.1) is 0 Å². The van der Waals surface area contributed by atoms with Gasteiger partial charge in [0.05, 0.1) is 5.60 Å². The molecule has 2 nitrogen and oxygen atoms in total. The van der Waals surface area contributed by atoms with Gasteiger partial charge in [0.2, 0.25) is 0 Å². The molecular weight excluding hydrogens is 330 g/mol. The summed E-state index contributed by atoms with van der Waals surface area (Å²) in [6.45, 7) is 8.05. The fourth-order valence-corrected chi connectivity index (χ4v) is 5.23. The molecule has 2 aromatic carbocycles. The molecule has 0 aromatic heterocycles. The molecule has 1 unspecified atom stereocenters. The Kier molecular flexibility index (Phi) is 5.57. The molecule has 2 aromatic rings. The molecule has 146 valence electrons. The first-order chi connectivity index (χ1) is 13.0. The quantitative estimate of drug-likeness (QED) is 0.763. The number of hydrogen-bond donors (Lipinski definition) is 1. The number of nitrogens with zero attached hydrogens (tertiary/aromatic N) is 1. The number of benzene rings is 2. The van der Waals surface area contributed by atoms with E-state index in [0.717, 1.165) is 44.1 Å². The van der Waals surface area contributed by atoms with E-state index >= 15 is 0 Å². The molecule has 2 fully saturated rings. The van der Waals surface area contributed by atoms with Crippen LogP contribution in [-0.4, -0.2) is 35.2 Å². The zero-order valence-corrected chi connectivity index (χ0v) is 17.0. The Bertz CT molecular complexity index is 749. The van der Waals surface area contributed by atoms with Gasteiger partial charge in [-0.1, -0.05) is 56.3 Å². The van der Waals surface area contributed by atoms with Gasteiger partial charge in [0.15, 0.2) is 0 Å². The van der Waals surface area contributed by atoms with Gasteiger partial charge in [-0.25, -0.2) is 0 Å². The fourth-order valence-electron chi connectivity index (χ4n) is 5.23. The monoisotopic (exact) mass is 365 g/mol. The maximum atomic E-state index is 11.8. The van der Waals surface area contributed by atoms with Crippen molar-refractivity contribution in [3.63, 3.8) is 0 Å². The average Bonchev–Trinajstić information content (AvgIpc) is 2.69. The van der Waals surface area contributed by atoms with Crippen molar-refractivity contribution in [2.45, 2.75) is 63.9 Å². The summed E-state index contributed by atoms with van der Waals surface area (Å²) in [6.07, 6.45) is 6.75. The number of fused-ring (bicyclic) bond motifs is 1. The molecule has 2 aliphatic rings. The lowest BCUT2D eigenvalue weighted by atomic mass is 9.69. The van der Waals surface area contributed by atoms with Crippen molar-refractivity contribution in [2.75, 3.05) is 19.6 Å². The van der Waals surface area contributed by atoms with Gasteiger partial charge in [0, 0.05) is 12.5 Å².